The van der Waals surface area contributed by atoms with Crippen molar-refractivity contribution >= 4 is 21.6 Å². The molecule has 1 unspecified atom stereocenters. The van der Waals surface area contributed by atoms with E-state index in [1.54, 1.807) is 13.8 Å². The molecule has 1 saturated heterocycles. The summed E-state index contributed by atoms with van der Waals surface area (Å²) in [6, 6.07) is 3.05. The van der Waals surface area contributed by atoms with Gasteiger partial charge in [-0.15, -0.1) is 0 Å². The highest BCUT2D eigenvalue weighted by molar-refractivity contribution is 7.86. The van der Waals surface area contributed by atoms with Crippen LogP contribution in [0.25, 0.3) is 0 Å². The zero-order chi connectivity index (χ0) is 21.5. The molecule has 1 aliphatic rings. The summed E-state index contributed by atoms with van der Waals surface area (Å²) >= 11 is 0. The van der Waals surface area contributed by atoms with Gasteiger partial charge in [-0.2, -0.15) is 21.6 Å². The number of anilines is 1. The van der Waals surface area contributed by atoms with Crippen LogP contribution in [0.1, 0.15) is 37.8 Å². The van der Waals surface area contributed by atoms with Crippen molar-refractivity contribution in [1.82, 2.24) is 4.90 Å². The Kier molecular flexibility index (Phi) is 6.15. The van der Waals surface area contributed by atoms with Gasteiger partial charge in [0.15, 0.2) is 0 Å². The molecule has 1 atom stereocenters. The fourth-order valence-electron chi connectivity index (χ4n) is 3.27. The number of benzene rings is 1. The molecule has 0 saturated carbocycles. The maximum Gasteiger partial charge on any atom is 0.416 e. The number of rotatable bonds is 6. The average Bonchev–Trinajstić information content (AvgIpc) is 2.75. The predicted molar refractivity (Wildman–Crippen MR) is 98.6 cm³/mol. The Bertz CT molecular complexity index is 856. The number of alkyl halides is 3. The second kappa shape index (κ2) is 7.62. The van der Waals surface area contributed by atoms with Crippen molar-refractivity contribution < 1.29 is 31.2 Å². The molecule has 1 radical (unpaired) electrons. The number of nitrogens with zero attached hydrogens (tertiary/aromatic N) is 2. The van der Waals surface area contributed by atoms with E-state index < -0.39 is 32.9 Å². The molecule has 1 aromatic rings. The number of hydrogen-bond donors (Lipinski definition) is 3. The van der Waals surface area contributed by atoms with Gasteiger partial charge in [-0.3, -0.25) is 19.8 Å². The molecule has 3 N–H and O–H groups in total. The third-order valence-electron chi connectivity index (χ3n) is 4.78. The fourth-order valence-corrected chi connectivity index (χ4v) is 4.45. The van der Waals surface area contributed by atoms with Gasteiger partial charge in [0.1, 0.15) is 5.84 Å². The van der Waals surface area contributed by atoms with E-state index in [2.05, 4.69) is 6.92 Å². The predicted octanol–water partition coefficient (Wildman–Crippen LogP) is 2.71. The Balaban J connectivity index is 2.60. The Morgan fingerprint density at radius 2 is 1.89 bits per heavy atom. The number of amidine groups is 1. The molecule has 0 spiro atoms. The number of aliphatic hydroxyl groups excluding tert-OH is 1. The molecule has 1 fully saturated rings. The third-order valence-corrected chi connectivity index (χ3v) is 5.77. The molecule has 1 aliphatic heterocycles. The molecular weight excluding hydrogens is 399 g/mol. The van der Waals surface area contributed by atoms with Crippen molar-refractivity contribution in [2.75, 3.05) is 18.1 Å². The molecule has 1 aromatic carbocycles. The van der Waals surface area contributed by atoms with E-state index in [0.717, 1.165) is 17.0 Å². The lowest BCUT2D eigenvalue weighted by Crippen LogP contribution is -2.49. The van der Waals surface area contributed by atoms with Crippen molar-refractivity contribution in [3.63, 3.8) is 0 Å². The minimum absolute atomic E-state index is 0.108. The van der Waals surface area contributed by atoms with Gasteiger partial charge in [0, 0.05) is 18.8 Å². The zero-order valence-electron chi connectivity index (χ0n) is 15.5. The number of nitrogens with one attached hydrogen (secondary N) is 1. The Morgan fingerprint density at radius 3 is 2.39 bits per heavy atom. The highest BCUT2D eigenvalue weighted by Gasteiger charge is 2.54. The number of halogens is 3. The fraction of sp³-hybridized carbons (Fsp3) is 0.529. The molecular formula is C17H23F3N3O4S. The SMILES string of the molecule is [CH2]c1ccc(N2C(=N)C(C)(C)N(CCCCO)C2S(=O)(=O)O)cc1C(F)(F)F. The lowest BCUT2D eigenvalue weighted by molar-refractivity contribution is -0.137. The van der Waals surface area contributed by atoms with Crippen molar-refractivity contribution in [2.24, 2.45) is 0 Å². The molecule has 11 heteroatoms. The maximum absolute atomic E-state index is 13.3. The second-order valence-electron chi connectivity index (χ2n) is 7.08. The van der Waals surface area contributed by atoms with Crippen molar-refractivity contribution in [1.29, 1.82) is 5.41 Å². The van der Waals surface area contributed by atoms with Gasteiger partial charge < -0.3 is 5.11 Å². The van der Waals surface area contributed by atoms with Crippen LogP contribution < -0.4 is 4.90 Å². The maximum atomic E-state index is 13.3. The van der Waals surface area contributed by atoms with E-state index in [-0.39, 0.29) is 30.2 Å². The van der Waals surface area contributed by atoms with Gasteiger partial charge in [-0.05, 0) is 51.3 Å². The van der Waals surface area contributed by atoms with E-state index in [1.165, 1.54) is 11.0 Å². The number of aliphatic hydroxyl groups is 1. The first-order chi connectivity index (χ1) is 12.7. The van der Waals surface area contributed by atoms with Gasteiger partial charge >= 0.3 is 16.3 Å². The summed E-state index contributed by atoms with van der Waals surface area (Å²) in [5, 5.41) is 17.4. The van der Waals surface area contributed by atoms with E-state index in [1.807, 2.05) is 0 Å². The topological polar surface area (TPSA) is 105 Å². The van der Waals surface area contributed by atoms with Crippen LogP contribution in [0.4, 0.5) is 18.9 Å². The van der Waals surface area contributed by atoms with E-state index in [0.29, 0.717) is 12.8 Å². The Hall–Kier alpha value is -1.69. The van der Waals surface area contributed by atoms with Crippen LogP contribution in [-0.4, -0.2) is 53.0 Å². The zero-order valence-corrected chi connectivity index (χ0v) is 16.3. The molecule has 28 heavy (non-hydrogen) atoms. The molecule has 2 rings (SSSR count). The standard InChI is InChI=1S/C17H23F3N3O4S/c1-11-6-7-12(10-13(11)17(18,19)20)23-14(21)16(2,3)22(8-4-5-9-24)15(23)28(25,26)27/h6-7,10,15,21,24H,1,4-5,8-9H2,2-3H3,(H,25,26,27). The molecule has 0 amide bonds. The summed E-state index contributed by atoms with van der Waals surface area (Å²) in [6.45, 7) is 6.43. The van der Waals surface area contributed by atoms with E-state index in [9.17, 15) is 26.1 Å². The molecule has 0 aromatic heterocycles. The van der Waals surface area contributed by atoms with Crippen LogP contribution in [0.5, 0.6) is 0 Å². The minimum Gasteiger partial charge on any atom is -0.396 e. The average molecular weight is 422 g/mol. The summed E-state index contributed by atoms with van der Waals surface area (Å²) in [7, 11) is -4.80. The van der Waals surface area contributed by atoms with Crippen LogP contribution in [-0.2, 0) is 16.3 Å². The van der Waals surface area contributed by atoms with Gasteiger partial charge in [0.05, 0.1) is 11.1 Å². The van der Waals surface area contributed by atoms with Crippen molar-refractivity contribution in [3.8, 4) is 0 Å². The summed E-state index contributed by atoms with van der Waals surface area (Å²) < 4.78 is 73.9. The molecule has 7 nitrogen and oxygen atoms in total. The monoisotopic (exact) mass is 422 g/mol. The number of unbranched alkanes of at least 4 members (excludes halogenated alkanes) is 1. The smallest absolute Gasteiger partial charge is 0.396 e. The summed E-state index contributed by atoms with van der Waals surface area (Å²) in [4.78, 5) is 2.20. The minimum atomic E-state index is -4.80. The highest BCUT2D eigenvalue weighted by Crippen LogP contribution is 2.40. The van der Waals surface area contributed by atoms with Gasteiger partial charge in [0.25, 0.3) is 0 Å². The highest BCUT2D eigenvalue weighted by atomic mass is 32.2. The van der Waals surface area contributed by atoms with Crippen LogP contribution in [0.2, 0.25) is 0 Å². The quantitative estimate of drug-likeness (QED) is 0.481. The van der Waals surface area contributed by atoms with Crippen LogP contribution in [0.15, 0.2) is 18.2 Å². The first-order valence-electron chi connectivity index (χ1n) is 8.48. The normalized spacial score (nSPS) is 20.8. The van der Waals surface area contributed by atoms with Gasteiger partial charge in [0.2, 0.25) is 5.50 Å². The lowest BCUT2D eigenvalue weighted by atomic mass is 10.0. The largest absolute Gasteiger partial charge is 0.416 e. The molecule has 1 heterocycles. The van der Waals surface area contributed by atoms with Crippen LogP contribution >= 0.6 is 0 Å². The summed E-state index contributed by atoms with van der Waals surface area (Å²) in [5.41, 5.74) is -4.47. The molecule has 0 bridgehead atoms. The van der Waals surface area contributed by atoms with E-state index in [4.69, 9.17) is 10.5 Å². The van der Waals surface area contributed by atoms with Gasteiger partial charge in [-0.25, -0.2) is 0 Å². The number of hydrogen-bond acceptors (Lipinski definition) is 5. The first kappa shape index (κ1) is 22.6. The Labute approximate surface area is 162 Å². The van der Waals surface area contributed by atoms with Crippen LogP contribution in [0, 0.1) is 12.3 Å². The Morgan fingerprint density at radius 1 is 1.29 bits per heavy atom. The van der Waals surface area contributed by atoms with Crippen molar-refractivity contribution in [2.45, 2.75) is 43.9 Å². The third kappa shape index (κ3) is 4.17. The first-order valence-corrected chi connectivity index (χ1v) is 9.98. The summed E-state index contributed by atoms with van der Waals surface area (Å²) in [5.74, 6) is -0.274. The molecule has 157 valence electrons. The summed E-state index contributed by atoms with van der Waals surface area (Å²) in [6.07, 6.45) is -3.97. The molecule has 0 aliphatic carbocycles. The van der Waals surface area contributed by atoms with E-state index >= 15 is 0 Å². The van der Waals surface area contributed by atoms with Crippen molar-refractivity contribution in [3.05, 3.63) is 36.2 Å². The van der Waals surface area contributed by atoms with Crippen LogP contribution in [0.3, 0.4) is 0 Å². The second-order valence-corrected chi connectivity index (χ2v) is 8.53. The van der Waals surface area contributed by atoms with Gasteiger partial charge in [-0.1, -0.05) is 6.07 Å². The lowest BCUT2D eigenvalue weighted by Gasteiger charge is -2.32.